The minimum Gasteiger partial charge on any atom is -0.378 e. The Balaban J connectivity index is 1.68. The minimum atomic E-state index is -0.871. The Hall–Kier alpha value is -1.01. The summed E-state index contributed by atoms with van der Waals surface area (Å²) in [7, 11) is 0. The fourth-order valence-corrected chi connectivity index (χ4v) is 2.58. The Morgan fingerprint density at radius 2 is 2.29 bits per heavy atom. The molecule has 2 atom stereocenters. The molecule has 94 valence electrons. The van der Waals surface area contributed by atoms with E-state index >= 15 is 0 Å². The first kappa shape index (κ1) is 11.1. The normalized spacial score (nSPS) is 31.4. The second-order valence-electron chi connectivity index (χ2n) is 4.88. The maximum atomic E-state index is 14.2. The topological polar surface area (TPSA) is 43.2 Å². The zero-order chi connectivity index (χ0) is 11.8. The lowest BCUT2D eigenvalue weighted by Gasteiger charge is -2.42. The van der Waals surface area contributed by atoms with Crippen LogP contribution in [-0.4, -0.2) is 58.4 Å². The van der Waals surface area contributed by atoms with Crippen molar-refractivity contribution in [3.05, 3.63) is 11.9 Å². The van der Waals surface area contributed by atoms with Crippen molar-refractivity contribution < 1.29 is 9.13 Å². The molecule has 0 bridgehead atoms. The van der Waals surface area contributed by atoms with Crippen molar-refractivity contribution in [3.8, 4) is 0 Å². The fourth-order valence-electron chi connectivity index (χ4n) is 2.58. The van der Waals surface area contributed by atoms with Gasteiger partial charge in [0.1, 0.15) is 6.17 Å². The molecule has 0 N–H and O–H groups in total. The smallest absolute Gasteiger partial charge is 0.135 e. The van der Waals surface area contributed by atoms with Crippen LogP contribution in [0.2, 0.25) is 0 Å². The summed E-state index contributed by atoms with van der Waals surface area (Å²) in [6.07, 6.45) is 1.60. The van der Waals surface area contributed by atoms with E-state index in [4.69, 9.17) is 4.74 Å². The van der Waals surface area contributed by atoms with Crippen LogP contribution in [0.5, 0.6) is 0 Å². The van der Waals surface area contributed by atoms with Crippen molar-refractivity contribution in [1.29, 1.82) is 0 Å². The third-order valence-electron chi connectivity index (χ3n) is 3.74. The Bertz CT molecular complexity index is 393. The highest BCUT2D eigenvalue weighted by Gasteiger charge is 2.36. The molecule has 3 rings (SSSR count). The summed E-state index contributed by atoms with van der Waals surface area (Å²) in [6.45, 7) is 4.81. The fraction of sp³-hybridized carbons (Fsp3) is 0.818. The number of nitrogens with zero attached hydrogens (tertiary/aromatic N) is 4. The number of aryl methyl sites for hydroxylation is 1. The van der Waals surface area contributed by atoms with Gasteiger partial charge in [0.05, 0.1) is 37.2 Å². The standard InChI is InChI=1S/C11H17FN4O/c1-8-4-13-14-16(8)11-2-3-15(5-10(11)12)9-6-17-7-9/h4,9-11H,2-3,5-7H2,1H3/t10-,11+/m0/s1. The summed E-state index contributed by atoms with van der Waals surface area (Å²) in [6, 6.07) is 0.265. The molecule has 5 nitrogen and oxygen atoms in total. The van der Waals surface area contributed by atoms with Gasteiger partial charge in [-0.25, -0.2) is 9.07 Å². The molecule has 2 aliphatic rings. The van der Waals surface area contributed by atoms with Crippen LogP contribution in [0.15, 0.2) is 6.20 Å². The molecule has 2 saturated heterocycles. The quantitative estimate of drug-likeness (QED) is 0.758. The van der Waals surface area contributed by atoms with Crippen LogP contribution in [0.1, 0.15) is 18.2 Å². The largest absolute Gasteiger partial charge is 0.378 e. The highest BCUT2D eigenvalue weighted by molar-refractivity contribution is 4.96. The Labute approximate surface area is 99.5 Å². The van der Waals surface area contributed by atoms with Crippen LogP contribution in [0.4, 0.5) is 4.39 Å². The predicted octanol–water partition coefficient (Wildman–Crippen LogP) is 0.570. The van der Waals surface area contributed by atoms with Gasteiger partial charge in [-0.15, -0.1) is 5.10 Å². The summed E-state index contributed by atoms with van der Waals surface area (Å²) in [5.41, 5.74) is 0.929. The molecule has 0 radical (unpaired) electrons. The number of rotatable bonds is 2. The first-order valence-corrected chi connectivity index (χ1v) is 6.08. The van der Waals surface area contributed by atoms with Gasteiger partial charge >= 0.3 is 0 Å². The van der Waals surface area contributed by atoms with Gasteiger partial charge in [0, 0.05) is 13.1 Å². The van der Waals surface area contributed by atoms with Crippen molar-refractivity contribution >= 4 is 0 Å². The lowest BCUT2D eigenvalue weighted by Crippen LogP contribution is -2.55. The second-order valence-corrected chi connectivity index (χ2v) is 4.88. The molecular weight excluding hydrogens is 223 g/mol. The number of hydrogen-bond donors (Lipinski definition) is 0. The molecule has 17 heavy (non-hydrogen) atoms. The molecule has 0 aliphatic carbocycles. The van der Waals surface area contributed by atoms with E-state index in [1.807, 2.05) is 6.92 Å². The zero-order valence-corrected chi connectivity index (χ0v) is 9.92. The van der Waals surface area contributed by atoms with E-state index in [-0.39, 0.29) is 6.04 Å². The van der Waals surface area contributed by atoms with Gasteiger partial charge in [-0.3, -0.25) is 4.90 Å². The Morgan fingerprint density at radius 1 is 1.47 bits per heavy atom. The zero-order valence-electron chi connectivity index (χ0n) is 9.92. The van der Waals surface area contributed by atoms with E-state index in [0.29, 0.717) is 12.6 Å². The molecule has 6 heteroatoms. The molecule has 1 aromatic rings. The Morgan fingerprint density at radius 3 is 2.82 bits per heavy atom. The van der Waals surface area contributed by atoms with Crippen LogP contribution in [0.3, 0.4) is 0 Å². The number of ether oxygens (including phenoxy) is 1. The van der Waals surface area contributed by atoms with Gasteiger partial charge in [-0.1, -0.05) is 5.21 Å². The average molecular weight is 240 g/mol. The van der Waals surface area contributed by atoms with Crippen LogP contribution in [0.25, 0.3) is 0 Å². The van der Waals surface area contributed by atoms with E-state index in [1.165, 1.54) is 0 Å². The predicted molar refractivity (Wildman–Crippen MR) is 59.5 cm³/mol. The molecule has 2 aliphatic heterocycles. The molecule has 0 saturated carbocycles. The van der Waals surface area contributed by atoms with E-state index in [2.05, 4.69) is 15.2 Å². The summed E-state index contributed by atoms with van der Waals surface area (Å²) < 4.78 is 21.1. The average Bonchev–Trinajstić information content (AvgIpc) is 2.62. The van der Waals surface area contributed by atoms with E-state index in [0.717, 1.165) is 31.9 Å². The van der Waals surface area contributed by atoms with E-state index in [9.17, 15) is 4.39 Å². The first-order valence-electron chi connectivity index (χ1n) is 6.08. The highest BCUT2D eigenvalue weighted by Crippen LogP contribution is 2.28. The lowest BCUT2D eigenvalue weighted by atomic mass is 10.0. The first-order chi connectivity index (χ1) is 8.25. The molecule has 3 heterocycles. The molecule has 0 spiro atoms. The van der Waals surface area contributed by atoms with Crippen LogP contribution in [-0.2, 0) is 4.74 Å². The van der Waals surface area contributed by atoms with Crippen molar-refractivity contribution in [2.45, 2.75) is 31.6 Å². The van der Waals surface area contributed by atoms with Gasteiger partial charge < -0.3 is 4.74 Å². The van der Waals surface area contributed by atoms with Gasteiger partial charge in [-0.2, -0.15) is 0 Å². The molecule has 0 aromatic carbocycles. The third-order valence-corrected chi connectivity index (χ3v) is 3.74. The second kappa shape index (κ2) is 4.34. The number of piperidine rings is 1. The summed E-state index contributed by atoms with van der Waals surface area (Å²) in [4.78, 5) is 2.19. The van der Waals surface area contributed by atoms with Crippen molar-refractivity contribution in [2.75, 3.05) is 26.3 Å². The van der Waals surface area contributed by atoms with Gasteiger partial charge in [0.15, 0.2) is 0 Å². The van der Waals surface area contributed by atoms with Crippen LogP contribution in [0, 0.1) is 6.92 Å². The molecule has 0 amide bonds. The monoisotopic (exact) mass is 240 g/mol. The minimum absolute atomic E-state index is 0.158. The summed E-state index contributed by atoms with van der Waals surface area (Å²) in [5.74, 6) is 0. The summed E-state index contributed by atoms with van der Waals surface area (Å²) >= 11 is 0. The van der Waals surface area contributed by atoms with Crippen LogP contribution >= 0.6 is 0 Å². The highest BCUT2D eigenvalue weighted by atomic mass is 19.1. The molecular formula is C11H17FN4O. The maximum Gasteiger partial charge on any atom is 0.135 e. The summed E-state index contributed by atoms with van der Waals surface area (Å²) in [5, 5.41) is 7.80. The third kappa shape index (κ3) is 1.95. The van der Waals surface area contributed by atoms with Crippen molar-refractivity contribution in [2.24, 2.45) is 0 Å². The number of hydrogen-bond acceptors (Lipinski definition) is 4. The molecule has 2 fully saturated rings. The van der Waals surface area contributed by atoms with E-state index < -0.39 is 6.17 Å². The Kier molecular flexibility index (Phi) is 2.84. The number of aromatic nitrogens is 3. The van der Waals surface area contributed by atoms with E-state index in [1.54, 1.807) is 10.9 Å². The van der Waals surface area contributed by atoms with Crippen molar-refractivity contribution in [3.63, 3.8) is 0 Å². The SMILES string of the molecule is Cc1cnnn1[C@@H]1CCN(C2COC2)C[C@@H]1F. The molecule has 1 aromatic heterocycles. The van der Waals surface area contributed by atoms with Crippen LogP contribution < -0.4 is 0 Å². The number of alkyl halides is 1. The lowest BCUT2D eigenvalue weighted by molar-refractivity contribution is -0.0849. The van der Waals surface area contributed by atoms with Gasteiger partial charge in [0.25, 0.3) is 0 Å². The number of halogens is 1. The number of likely N-dealkylation sites (tertiary alicyclic amines) is 1. The molecule has 0 unspecified atom stereocenters. The maximum absolute atomic E-state index is 14.2. The van der Waals surface area contributed by atoms with Gasteiger partial charge in [0.2, 0.25) is 0 Å². The van der Waals surface area contributed by atoms with Gasteiger partial charge in [-0.05, 0) is 13.3 Å². The van der Waals surface area contributed by atoms with Crippen molar-refractivity contribution in [1.82, 2.24) is 19.9 Å².